The van der Waals surface area contributed by atoms with Crippen LogP contribution in [-0.4, -0.2) is 47.2 Å². The van der Waals surface area contributed by atoms with Crippen LogP contribution in [0.5, 0.6) is 0 Å². The largest absolute Gasteiger partial charge is 0.393 e. The SMILES string of the molecule is CC1(C)OC2CC(CO)(CO)O[C@@H]2O1. The van der Waals surface area contributed by atoms with E-state index in [9.17, 15) is 0 Å². The van der Waals surface area contributed by atoms with Crippen LogP contribution in [0.1, 0.15) is 20.3 Å². The van der Waals surface area contributed by atoms with Crippen molar-refractivity contribution in [2.45, 2.75) is 44.1 Å². The average molecular weight is 204 g/mol. The molecule has 2 rings (SSSR count). The van der Waals surface area contributed by atoms with E-state index in [0.717, 1.165) is 0 Å². The highest BCUT2D eigenvalue weighted by molar-refractivity contribution is 4.94. The van der Waals surface area contributed by atoms with E-state index in [1.807, 2.05) is 13.8 Å². The van der Waals surface area contributed by atoms with Crippen LogP contribution < -0.4 is 0 Å². The smallest absolute Gasteiger partial charge is 0.188 e. The first-order chi connectivity index (χ1) is 6.50. The Balaban J connectivity index is 2.06. The van der Waals surface area contributed by atoms with Crippen LogP contribution in [0.25, 0.3) is 0 Å². The molecule has 2 saturated heterocycles. The zero-order chi connectivity index (χ0) is 10.4. The molecule has 2 aliphatic rings. The number of aliphatic hydroxyl groups excluding tert-OH is 2. The Labute approximate surface area is 82.6 Å². The van der Waals surface area contributed by atoms with Crippen molar-refractivity contribution in [3.8, 4) is 0 Å². The Morgan fingerprint density at radius 2 is 1.79 bits per heavy atom. The molecule has 0 aromatic heterocycles. The predicted molar refractivity (Wildman–Crippen MR) is 46.4 cm³/mol. The zero-order valence-electron chi connectivity index (χ0n) is 8.40. The number of rotatable bonds is 2. The minimum Gasteiger partial charge on any atom is -0.393 e. The molecule has 2 N–H and O–H groups in total. The van der Waals surface area contributed by atoms with Gasteiger partial charge in [0.05, 0.1) is 13.2 Å². The lowest BCUT2D eigenvalue weighted by molar-refractivity contribution is -0.236. The monoisotopic (exact) mass is 204 g/mol. The van der Waals surface area contributed by atoms with Gasteiger partial charge in [-0.1, -0.05) is 0 Å². The second-order valence-corrected chi connectivity index (χ2v) is 4.36. The molecule has 0 aliphatic carbocycles. The molecule has 5 nitrogen and oxygen atoms in total. The lowest BCUT2D eigenvalue weighted by Gasteiger charge is -2.27. The maximum atomic E-state index is 9.11. The van der Waals surface area contributed by atoms with Crippen LogP contribution in [0, 0.1) is 0 Å². The van der Waals surface area contributed by atoms with E-state index in [1.165, 1.54) is 0 Å². The average Bonchev–Trinajstić information content (AvgIpc) is 2.55. The van der Waals surface area contributed by atoms with Crippen molar-refractivity contribution in [3.05, 3.63) is 0 Å². The molecule has 0 amide bonds. The first-order valence-corrected chi connectivity index (χ1v) is 4.75. The third-order valence-corrected chi connectivity index (χ3v) is 2.65. The molecule has 14 heavy (non-hydrogen) atoms. The highest BCUT2D eigenvalue weighted by Crippen LogP contribution is 2.41. The van der Waals surface area contributed by atoms with Crippen molar-refractivity contribution in [1.82, 2.24) is 0 Å². The van der Waals surface area contributed by atoms with Gasteiger partial charge in [-0.2, -0.15) is 0 Å². The molecule has 2 atom stereocenters. The molecule has 1 unspecified atom stereocenters. The molecule has 0 spiro atoms. The summed E-state index contributed by atoms with van der Waals surface area (Å²) in [6, 6.07) is 0. The van der Waals surface area contributed by atoms with Gasteiger partial charge in [0.25, 0.3) is 0 Å². The van der Waals surface area contributed by atoms with Crippen molar-refractivity contribution in [2.24, 2.45) is 0 Å². The Hall–Kier alpha value is -0.200. The first kappa shape index (κ1) is 10.3. The van der Waals surface area contributed by atoms with Crippen molar-refractivity contribution in [3.63, 3.8) is 0 Å². The first-order valence-electron chi connectivity index (χ1n) is 4.75. The highest BCUT2D eigenvalue weighted by Gasteiger charge is 2.54. The van der Waals surface area contributed by atoms with Crippen molar-refractivity contribution >= 4 is 0 Å². The molecule has 82 valence electrons. The van der Waals surface area contributed by atoms with E-state index < -0.39 is 17.7 Å². The third kappa shape index (κ3) is 1.55. The molecule has 0 aromatic carbocycles. The van der Waals surface area contributed by atoms with E-state index in [-0.39, 0.29) is 19.3 Å². The zero-order valence-corrected chi connectivity index (χ0v) is 8.40. The molecule has 0 aromatic rings. The second kappa shape index (κ2) is 3.15. The maximum Gasteiger partial charge on any atom is 0.188 e. The van der Waals surface area contributed by atoms with E-state index >= 15 is 0 Å². The summed E-state index contributed by atoms with van der Waals surface area (Å²) in [6.45, 7) is 3.19. The fraction of sp³-hybridized carbons (Fsp3) is 1.00. The van der Waals surface area contributed by atoms with E-state index in [1.54, 1.807) is 0 Å². The summed E-state index contributed by atoms with van der Waals surface area (Å²) in [5.74, 6) is -0.633. The normalized spacial score (nSPS) is 38.6. The van der Waals surface area contributed by atoms with Gasteiger partial charge in [-0.3, -0.25) is 0 Å². The minimum absolute atomic E-state index is 0.190. The summed E-state index contributed by atoms with van der Waals surface area (Å²) in [5.41, 5.74) is -0.897. The molecular weight excluding hydrogens is 188 g/mol. The molecule has 5 heteroatoms. The van der Waals surface area contributed by atoms with Crippen LogP contribution in [-0.2, 0) is 14.2 Å². The Morgan fingerprint density at radius 1 is 1.14 bits per heavy atom. The Kier molecular flexibility index (Phi) is 2.32. The number of hydrogen-bond donors (Lipinski definition) is 2. The predicted octanol–water partition coefficient (Wildman–Crippen LogP) is -0.392. The van der Waals surface area contributed by atoms with E-state index in [2.05, 4.69) is 0 Å². The summed E-state index contributed by atoms with van der Waals surface area (Å²) in [5, 5.41) is 18.2. The van der Waals surface area contributed by atoms with Gasteiger partial charge in [-0.25, -0.2) is 0 Å². The lowest BCUT2D eigenvalue weighted by Crippen LogP contribution is -2.40. The van der Waals surface area contributed by atoms with Crippen molar-refractivity contribution in [1.29, 1.82) is 0 Å². The highest BCUT2D eigenvalue weighted by atomic mass is 16.8. The Bertz CT molecular complexity index is 205. The number of ether oxygens (including phenoxy) is 3. The van der Waals surface area contributed by atoms with Gasteiger partial charge < -0.3 is 24.4 Å². The maximum absolute atomic E-state index is 9.11. The third-order valence-electron chi connectivity index (χ3n) is 2.65. The minimum atomic E-state index is -0.897. The van der Waals surface area contributed by atoms with E-state index in [0.29, 0.717) is 6.42 Å². The second-order valence-electron chi connectivity index (χ2n) is 4.36. The fourth-order valence-corrected chi connectivity index (χ4v) is 1.96. The summed E-state index contributed by atoms with van der Waals surface area (Å²) >= 11 is 0. The van der Waals surface area contributed by atoms with Gasteiger partial charge in [0.15, 0.2) is 12.1 Å². The molecule has 2 fully saturated rings. The fourth-order valence-electron chi connectivity index (χ4n) is 1.96. The van der Waals surface area contributed by atoms with Gasteiger partial charge in [-0.05, 0) is 13.8 Å². The topological polar surface area (TPSA) is 68.2 Å². The Morgan fingerprint density at radius 3 is 2.29 bits per heavy atom. The van der Waals surface area contributed by atoms with Gasteiger partial charge in [-0.15, -0.1) is 0 Å². The van der Waals surface area contributed by atoms with Crippen LogP contribution >= 0.6 is 0 Å². The summed E-state index contributed by atoms with van der Waals surface area (Å²) < 4.78 is 16.5. The molecular formula is C9H16O5. The van der Waals surface area contributed by atoms with Crippen LogP contribution in [0.15, 0.2) is 0 Å². The molecule has 0 saturated carbocycles. The van der Waals surface area contributed by atoms with Gasteiger partial charge >= 0.3 is 0 Å². The number of fused-ring (bicyclic) bond motifs is 1. The summed E-state index contributed by atoms with van der Waals surface area (Å²) in [4.78, 5) is 0. The van der Waals surface area contributed by atoms with Gasteiger partial charge in [0, 0.05) is 6.42 Å². The number of aliphatic hydroxyl groups is 2. The molecule has 0 radical (unpaired) electrons. The molecule has 2 aliphatic heterocycles. The molecule has 0 bridgehead atoms. The lowest BCUT2D eigenvalue weighted by atomic mass is 10.0. The quantitative estimate of drug-likeness (QED) is 0.641. The van der Waals surface area contributed by atoms with Gasteiger partial charge in [0.2, 0.25) is 0 Å². The van der Waals surface area contributed by atoms with Crippen LogP contribution in [0.3, 0.4) is 0 Å². The summed E-state index contributed by atoms with van der Waals surface area (Å²) in [7, 11) is 0. The van der Waals surface area contributed by atoms with Crippen LogP contribution in [0.2, 0.25) is 0 Å². The standard InChI is InChI=1S/C9H16O5/c1-8(2)12-6-3-9(4-10,5-11)14-7(6)13-8/h6-7,10-11H,3-5H2,1-2H3/t6?,7-/m0/s1. The van der Waals surface area contributed by atoms with E-state index in [4.69, 9.17) is 24.4 Å². The van der Waals surface area contributed by atoms with Gasteiger partial charge in [0.1, 0.15) is 11.7 Å². The van der Waals surface area contributed by atoms with Crippen molar-refractivity contribution in [2.75, 3.05) is 13.2 Å². The number of hydrogen-bond acceptors (Lipinski definition) is 5. The summed E-state index contributed by atoms with van der Waals surface area (Å²) in [6.07, 6.45) is -0.192. The van der Waals surface area contributed by atoms with Crippen molar-refractivity contribution < 1.29 is 24.4 Å². The van der Waals surface area contributed by atoms with Crippen LogP contribution in [0.4, 0.5) is 0 Å². The molecule has 2 heterocycles.